The van der Waals surface area contributed by atoms with Gasteiger partial charge in [-0.05, 0) is 18.2 Å². The molecule has 2 heterocycles. The van der Waals surface area contributed by atoms with Crippen molar-refractivity contribution in [1.82, 2.24) is 9.78 Å². The van der Waals surface area contributed by atoms with Gasteiger partial charge in [-0.3, -0.25) is 4.68 Å². The minimum Gasteiger partial charge on any atom is -0.257 e. The molecule has 2 aromatic heterocycles. The van der Waals surface area contributed by atoms with Crippen molar-refractivity contribution in [3.8, 4) is 0 Å². The van der Waals surface area contributed by atoms with Crippen molar-refractivity contribution in [2.24, 2.45) is 7.05 Å². The summed E-state index contributed by atoms with van der Waals surface area (Å²) in [6.45, 7) is 0. The molecule has 0 aromatic carbocycles. The number of rotatable bonds is 3. The van der Waals surface area contributed by atoms with Gasteiger partial charge < -0.3 is 0 Å². The van der Waals surface area contributed by atoms with Gasteiger partial charge in [-0.1, -0.05) is 23.2 Å². The van der Waals surface area contributed by atoms with E-state index in [0.29, 0.717) is 15.2 Å². The second-order valence-corrected chi connectivity index (χ2v) is 7.72. The molecule has 0 aliphatic heterocycles. The monoisotopic (exact) mass is 310 g/mol. The average molecular weight is 311 g/mol. The molecule has 0 unspecified atom stereocenters. The summed E-state index contributed by atoms with van der Waals surface area (Å²) in [6.07, 6.45) is 0. The molecular weight excluding hydrogens is 303 g/mol. The Morgan fingerprint density at radius 1 is 1.41 bits per heavy atom. The summed E-state index contributed by atoms with van der Waals surface area (Å²) in [5.74, 6) is -0.176. The molecule has 0 fully saturated rings. The van der Waals surface area contributed by atoms with Gasteiger partial charge in [-0.2, -0.15) is 5.10 Å². The standard InChI is InChI=1S/C9H8Cl2N2O2S2/c1-13-7(10)4-6(12-13)5-17(14,15)9-3-2-8(11)16-9/h2-4H,5H2,1H3. The van der Waals surface area contributed by atoms with Crippen molar-refractivity contribution in [3.05, 3.63) is 33.4 Å². The minimum atomic E-state index is -3.40. The van der Waals surface area contributed by atoms with E-state index in [1.54, 1.807) is 13.1 Å². The molecule has 0 aliphatic rings. The molecular formula is C9H8Cl2N2O2S2. The van der Waals surface area contributed by atoms with Crippen LogP contribution in [0.3, 0.4) is 0 Å². The highest BCUT2D eigenvalue weighted by molar-refractivity contribution is 7.92. The summed E-state index contributed by atoms with van der Waals surface area (Å²) < 4.78 is 26.1. The summed E-state index contributed by atoms with van der Waals surface area (Å²) in [5.41, 5.74) is 0.419. The summed E-state index contributed by atoms with van der Waals surface area (Å²) in [5, 5.41) is 4.41. The van der Waals surface area contributed by atoms with Crippen molar-refractivity contribution in [3.63, 3.8) is 0 Å². The van der Waals surface area contributed by atoms with E-state index in [1.165, 1.54) is 16.8 Å². The highest BCUT2D eigenvalue weighted by Crippen LogP contribution is 2.28. The van der Waals surface area contributed by atoms with Crippen molar-refractivity contribution in [1.29, 1.82) is 0 Å². The maximum Gasteiger partial charge on any atom is 0.193 e. The quantitative estimate of drug-likeness (QED) is 0.876. The van der Waals surface area contributed by atoms with Crippen LogP contribution in [0.4, 0.5) is 0 Å². The highest BCUT2D eigenvalue weighted by atomic mass is 35.5. The first-order valence-electron chi connectivity index (χ1n) is 4.55. The number of aryl methyl sites for hydroxylation is 1. The number of nitrogens with zero attached hydrogens (tertiary/aromatic N) is 2. The van der Waals surface area contributed by atoms with Crippen LogP contribution in [0.15, 0.2) is 22.4 Å². The van der Waals surface area contributed by atoms with E-state index in [2.05, 4.69) is 5.10 Å². The summed E-state index contributed by atoms with van der Waals surface area (Å²) >= 11 is 12.5. The van der Waals surface area contributed by atoms with Gasteiger partial charge in [-0.15, -0.1) is 11.3 Å². The van der Waals surface area contributed by atoms with Crippen molar-refractivity contribution in [2.45, 2.75) is 9.96 Å². The van der Waals surface area contributed by atoms with E-state index in [-0.39, 0.29) is 9.96 Å². The Kier molecular flexibility index (Phi) is 3.49. The Labute approximate surface area is 113 Å². The van der Waals surface area contributed by atoms with Crippen LogP contribution >= 0.6 is 34.5 Å². The molecule has 0 radical (unpaired) electrons. The van der Waals surface area contributed by atoms with Crippen LogP contribution in [0.1, 0.15) is 5.69 Å². The Balaban J connectivity index is 2.29. The van der Waals surface area contributed by atoms with Gasteiger partial charge in [-0.25, -0.2) is 8.42 Å². The SMILES string of the molecule is Cn1nc(CS(=O)(=O)c2ccc(Cl)s2)cc1Cl. The van der Waals surface area contributed by atoms with Crippen LogP contribution in [-0.4, -0.2) is 18.2 Å². The van der Waals surface area contributed by atoms with E-state index < -0.39 is 9.84 Å². The third-order valence-electron chi connectivity index (χ3n) is 2.07. The largest absolute Gasteiger partial charge is 0.257 e. The van der Waals surface area contributed by atoms with Crippen molar-refractivity contribution in [2.75, 3.05) is 0 Å². The minimum absolute atomic E-state index is 0.176. The molecule has 92 valence electrons. The van der Waals surface area contributed by atoms with Crippen LogP contribution in [-0.2, 0) is 22.6 Å². The molecule has 0 bridgehead atoms. The maximum absolute atomic E-state index is 12.0. The Bertz CT molecular complexity index is 626. The number of thiophene rings is 1. The smallest absolute Gasteiger partial charge is 0.193 e. The lowest BCUT2D eigenvalue weighted by Gasteiger charge is -1.97. The molecule has 0 spiro atoms. The first-order valence-corrected chi connectivity index (χ1v) is 7.77. The number of hydrogen-bond donors (Lipinski definition) is 0. The van der Waals surface area contributed by atoms with Crippen molar-refractivity contribution >= 4 is 44.4 Å². The van der Waals surface area contributed by atoms with Crippen LogP contribution in [0, 0.1) is 0 Å². The van der Waals surface area contributed by atoms with Gasteiger partial charge >= 0.3 is 0 Å². The summed E-state index contributed by atoms with van der Waals surface area (Å²) in [7, 11) is -1.74. The van der Waals surface area contributed by atoms with Gasteiger partial charge in [0.1, 0.15) is 9.36 Å². The lowest BCUT2D eigenvalue weighted by Crippen LogP contribution is -2.04. The van der Waals surface area contributed by atoms with Crippen LogP contribution in [0.5, 0.6) is 0 Å². The van der Waals surface area contributed by atoms with E-state index in [0.717, 1.165) is 11.3 Å². The number of aromatic nitrogens is 2. The van der Waals surface area contributed by atoms with Gasteiger partial charge in [0.2, 0.25) is 0 Å². The van der Waals surface area contributed by atoms with Crippen LogP contribution < -0.4 is 0 Å². The van der Waals surface area contributed by atoms with E-state index in [1.807, 2.05) is 0 Å². The van der Waals surface area contributed by atoms with Gasteiger partial charge in [0, 0.05) is 7.05 Å². The molecule has 2 aromatic rings. The normalized spacial score (nSPS) is 11.9. The van der Waals surface area contributed by atoms with Crippen LogP contribution in [0.25, 0.3) is 0 Å². The Morgan fingerprint density at radius 2 is 2.12 bits per heavy atom. The summed E-state index contributed by atoms with van der Waals surface area (Å²) in [6, 6.07) is 4.59. The molecule has 2 rings (SSSR count). The number of halogens is 2. The lowest BCUT2D eigenvalue weighted by atomic mass is 10.5. The molecule has 0 N–H and O–H groups in total. The topological polar surface area (TPSA) is 52.0 Å². The molecule has 0 saturated carbocycles. The zero-order valence-electron chi connectivity index (χ0n) is 8.72. The molecule has 4 nitrogen and oxygen atoms in total. The van der Waals surface area contributed by atoms with Gasteiger partial charge in [0.05, 0.1) is 15.8 Å². The molecule has 17 heavy (non-hydrogen) atoms. The van der Waals surface area contributed by atoms with Gasteiger partial charge in [0.25, 0.3) is 0 Å². The molecule has 0 saturated heterocycles. The summed E-state index contributed by atoms with van der Waals surface area (Å²) in [4.78, 5) is 0. The fraction of sp³-hybridized carbons (Fsp3) is 0.222. The first kappa shape index (κ1) is 12.9. The van der Waals surface area contributed by atoms with Crippen molar-refractivity contribution < 1.29 is 8.42 Å². The molecule has 0 atom stereocenters. The van der Waals surface area contributed by atoms with E-state index in [9.17, 15) is 8.42 Å². The lowest BCUT2D eigenvalue weighted by molar-refractivity contribution is 0.596. The number of hydrogen-bond acceptors (Lipinski definition) is 4. The second-order valence-electron chi connectivity index (χ2n) is 3.40. The zero-order chi connectivity index (χ0) is 12.6. The zero-order valence-corrected chi connectivity index (χ0v) is 11.9. The second kappa shape index (κ2) is 4.61. The third-order valence-corrected chi connectivity index (χ3v) is 5.88. The van der Waals surface area contributed by atoms with Crippen LogP contribution in [0.2, 0.25) is 9.49 Å². The van der Waals surface area contributed by atoms with E-state index in [4.69, 9.17) is 23.2 Å². The first-order chi connectivity index (χ1) is 7.88. The highest BCUT2D eigenvalue weighted by Gasteiger charge is 2.19. The molecule has 0 amide bonds. The van der Waals surface area contributed by atoms with Gasteiger partial charge in [0.15, 0.2) is 9.84 Å². The van der Waals surface area contributed by atoms with E-state index >= 15 is 0 Å². The fourth-order valence-electron chi connectivity index (χ4n) is 1.30. The third kappa shape index (κ3) is 2.82. The molecule has 8 heteroatoms. The Hall–Kier alpha value is -0.560. The predicted molar refractivity (Wildman–Crippen MR) is 68.4 cm³/mol. The molecule has 0 aliphatic carbocycles. The average Bonchev–Trinajstić information content (AvgIpc) is 2.75. The predicted octanol–water partition coefficient (Wildman–Crippen LogP) is 2.76. The fourth-order valence-corrected chi connectivity index (χ4v) is 4.28. The Morgan fingerprint density at radius 3 is 2.59 bits per heavy atom. The maximum atomic E-state index is 12.0. The number of sulfone groups is 1.